The smallest absolute Gasteiger partial charge is 0.240 e. The molecule has 0 radical (unpaired) electrons. The van der Waals surface area contributed by atoms with E-state index in [1.54, 1.807) is 43.3 Å². The molecule has 6 nitrogen and oxygen atoms in total. The first-order valence-corrected chi connectivity index (χ1v) is 10.2. The molecule has 0 amide bonds. The first-order chi connectivity index (χ1) is 12.4. The number of benzene rings is 1. The molecule has 0 aliphatic rings. The Bertz CT molecular complexity index is 929. The zero-order valence-corrected chi connectivity index (χ0v) is 15.9. The van der Waals surface area contributed by atoms with E-state index >= 15 is 0 Å². The molecule has 0 bridgehead atoms. The van der Waals surface area contributed by atoms with Gasteiger partial charge in [0, 0.05) is 4.88 Å². The van der Waals surface area contributed by atoms with Crippen LogP contribution in [0.2, 0.25) is 0 Å². The fraction of sp³-hybridized carbons (Fsp3) is 0.222. The second-order valence-electron chi connectivity index (χ2n) is 5.77. The number of hydrogen-bond acceptors (Lipinski definition) is 6. The van der Waals surface area contributed by atoms with Crippen molar-refractivity contribution in [3.63, 3.8) is 0 Å². The SMILES string of the molecule is COc1ccc(S(=O)(=O)NC[C@@](O)(c2ccco2)c2cccs2)c(C)c1. The molecule has 138 valence electrons. The summed E-state index contributed by atoms with van der Waals surface area (Å²) in [4.78, 5) is 0.716. The molecule has 0 unspecified atom stereocenters. The summed E-state index contributed by atoms with van der Waals surface area (Å²) < 4.78 is 38.5. The molecule has 26 heavy (non-hydrogen) atoms. The lowest BCUT2D eigenvalue weighted by atomic mass is 9.99. The van der Waals surface area contributed by atoms with Crippen LogP contribution in [-0.2, 0) is 15.6 Å². The molecule has 0 aliphatic carbocycles. The number of ether oxygens (including phenoxy) is 1. The van der Waals surface area contributed by atoms with Gasteiger partial charge in [0.15, 0.2) is 5.60 Å². The molecular weight excluding hydrogens is 374 g/mol. The maximum Gasteiger partial charge on any atom is 0.240 e. The van der Waals surface area contributed by atoms with Crippen molar-refractivity contribution in [1.29, 1.82) is 0 Å². The molecule has 3 aromatic rings. The molecule has 0 fully saturated rings. The minimum atomic E-state index is -3.83. The summed E-state index contributed by atoms with van der Waals surface area (Å²) in [6, 6.07) is 11.5. The van der Waals surface area contributed by atoms with Gasteiger partial charge in [0.25, 0.3) is 0 Å². The molecule has 2 heterocycles. The Labute approximate surface area is 156 Å². The fourth-order valence-electron chi connectivity index (χ4n) is 2.65. The van der Waals surface area contributed by atoms with Gasteiger partial charge in [-0.1, -0.05) is 6.07 Å². The number of aliphatic hydroxyl groups is 1. The van der Waals surface area contributed by atoms with Crippen LogP contribution < -0.4 is 9.46 Å². The van der Waals surface area contributed by atoms with Crippen LogP contribution in [0.15, 0.2) is 63.4 Å². The van der Waals surface area contributed by atoms with Gasteiger partial charge in [0.2, 0.25) is 10.0 Å². The lowest BCUT2D eigenvalue weighted by Crippen LogP contribution is -2.41. The molecule has 2 N–H and O–H groups in total. The summed E-state index contributed by atoms with van der Waals surface area (Å²) in [6.45, 7) is 1.43. The monoisotopic (exact) mass is 393 g/mol. The van der Waals surface area contributed by atoms with Gasteiger partial charge in [-0.25, -0.2) is 13.1 Å². The largest absolute Gasteiger partial charge is 0.497 e. The van der Waals surface area contributed by atoms with Crippen LogP contribution in [0, 0.1) is 6.92 Å². The van der Waals surface area contributed by atoms with Crippen LogP contribution >= 0.6 is 11.3 Å². The number of hydrogen-bond donors (Lipinski definition) is 2. The Morgan fingerprint density at radius 1 is 1.27 bits per heavy atom. The average Bonchev–Trinajstić information content (AvgIpc) is 3.33. The number of aryl methyl sites for hydroxylation is 1. The van der Waals surface area contributed by atoms with Gasteiger partial charge in [-0.2, -0.15) is 0 Å². The van der Waals surface area contributed by atoms with Crippen molar-refractivity contribution < 1.29 is 22.7 Å². The van der Waals surface area contributed by atoms with Gasteiger partial charge in [0.1, 0.15) is 11.5 Å². The minimum absolute atomic E-state index is 0.131. The van der Waals surface area contributed by atoms with E-state index in [-0.39, 0.29) is 17.2 Å². The number of thiophene rings is 1. The summed E-state index contributed by atoms with van der Waals surface area (Å²) in [5, 5.41) is 13.0. The highest BCUT2D eigenvalue weighted by molar-refractivity contribution is 7.89. The van der Waals surface area contributed by atoms with E-state index in [1.807, 2.05) is 5.38 Å². The quantitative estimate of drug-likeness (QED) is 0.644. The predicted molar refractivity (Wildman–Crippen MR) is 98.9 cm³/mol. The van der Waals surface area contributed by atoms with E-state index in [2.05, 4.69) is 4.72 Å². The number of rotatable bonds is 7. The Kier molecular flexibility index (Phi) is 5.19. The van der Waals surface area contributed by atoms with E-state index in [0.717, 1.165) is 0 Å². The standard InChI is InChI=1S/C18H19NO5S2/c1-13-11-14(23-2)7-8-15(13)26(21,22)19-12-18(20,16-5-3-9-24-16)17-6-4-10-25-17/h3-11,19-20H,12H2,1-2H3/t18-/m1/s1. The van der Waals surface area contributed by atoms with E-state index in [0.29, 0.717) is 16.2 Å². The number of furan rings is 1. The average molecular weight is 393 g/mol. The van der Waals surface area contributed by atoms with Crippen molar-refractivity contribution in [2.75, 3.05) is 13.7 Å². The van der Waals surface area contributed by atoms with Gasteiger partial charge in [-0.3, -0.25) is 0 Å². The summed E-state index contributed by atoms with van der Waals surface area (Å²) >= 11 is 1.32. The van der Waals surface area contributed by atoms with Crippen molar-refractivity contribution in [3.05, 3.63) is 70.3 Å². The topological polar surface area (TPSA) is 88.8 Å². The van der Waals surface area contributed by atoms with Crippen LogP contribution in [0.25, 0.3) is 0 Å². The first kappa shape index (κ1) is 18.7. The van der Waals surface area contributed by atoms with Crippen LogP contribution in [0.1, 0.15) is 16.2 Å². The summed E-state index contributed by atoms with van der Waals surface area (Å²) in [6.07, 6.45) is 1.44. The molecule has 1 aromatic carbocycles. The molecule has 1 atom stereocenters. The molecule has 3 rings (SSSR count). The summed E-state index contributed by atoms with van der Waals surface area (Å²) in [5.41, 5.74) is -1.04. The fourth-order valence-corrected chi connectivity index (χ4v) is 4.76. The summed E-state index contributed by atoms with van der Waals surface area (Å²) in [7, 11) is -2.31. The third kappa shape index (κ3) is 3.54. The normalized spacial score (nSPS) is 14.1. The van der Waals surface area contributed by atoms with Crippen molar-refractivity contribution in [2.24, 2.45) is 0 Å². The van der Waals surface area contributed by atoms with Gasteiger partial charge in [0.05, 0.1) is 24.8 Å². The predicted octanol–water partition coefficient (Wildman–Crippen LogP) is 2.87. The number of nitrogens with one attached hydrogen (secondary N) is 1. The molecule has 0 saturated heterocycles. The number of sulfonamides is 1. The maximum absolute atomic E-state index is 12.7. The third-order valence-electron chi connectivity index (χ3n) is 4.05. The van der Waals surface area contributed by atoms with Gasteiger partial charge < -0.3 is 14.3 Å². The van der Waals surface area contributed by atoms with Crippen molar-refractivity contribution in [1.82, 2.24) is 4.72 Å². The van der Waals surface area contributed by atoms with Crippen molar-refractivity contribution in [3.8, 4) is 5.75 Å². The van der Waals surface area contributed by atoms with Crippen LogP contribution in [0.3, 0.4) is 0 Å². The van der Waals surface area contributed by atoms with E-state index in [1.165, 1.54) is 30.8 Å². The molecule has 0 saturated carbocycles. The van der Waals surface area contributed by atoms with Gasteiger partial charge >= 0.3 is 0 Å². The molecule has 8 heteroatoms. The zero-order chi connectivity index (χ0) is 18.8. The zero-order valence-electron chi connectivity index (χ0n) is 14.3. The highest BCUT2D eigenvalue weighted by Crippen LogP contribution is 2.33. The minimum Gasteiger partial charge on any atom is -0.497 e. The first-order valence-electron chi connectivity index (χ1n) is 7.81. The Morgan fingerprint density at radius 2 is 2.08 bits per heavy atom. The van der Waals surface area contributed by atoms with Crippen molar-refractivity contribution >= 4 is 21.4 Å². The van der Waals surface area contributed by atoms with E-state index < -0.39 is 15.6 Å². The molecule has 0 aliphatic heterocycles. The Hall–Kier alpha value is -2.13. The summed E-state index contributed by atoms with van der Waals surface area (Å²) in [5.74, 6) is 0.848. The van der Waals surface area contributed by atoms with Crippen LogP contribution in [0.5, 0.6) is 5.75 Å². The highest BCUT2D eigenvalue weighted by atomic mass is 32.2. The lowest BCUT2D eigenvalue weighted by molar-refractivity contribution is 0.0655. The lowest BCUT2D eigenvalue weighted by Gasteiger charge is -2.25. The van der Waals surface area contributed by atoms with E-state index in [4.69, 9.17) is 9.15 Å². The maximum atomic E-state index is 12.7. The Balaban J connectivity index is 1.90. The van der Waals surface area contributed by atoms with Gasteiger partial charge in [-0.05, 0) is 54.3 Å². The molecule has 0 spiro atoms. The molecular formula is C18H19NO5S2. The third-order valence-corrected chi connectivity index (χ3v) is 6.63. The Morgan fingerprint density at radius 3 is 2.65 bits per heavy atom. The second-order valence-corrected chi connectivity index (χ2v) is 8.45. The van der Waals surface area contributed by atoms with Gasteiger partial charge in [-0.15, -0.1) is 11.3 Å². The number of methoxy groups -OCH3 is 1. The van der Waals surface area contributed by atoms with E-state index in [9.17, 15) is 13.5 Å². The molecule has 2 aromatic heterocycles. The van der Waals surface area contributed by atoms with Crippen LogP contribution in [0.4, 0.5) is 0 Å². The second kappa shape index (κ2) is 7.24. The highest BCUT2D eigenvalue weighted by Gasteiger charge is 2.37. The van der Waals surface area contributed by atoms with Crippen molar-refractivity contribution in [2.45, 2.75) is 17.4 Å². The van der Waals surface area contributed by atoms with Crippen LogP contribution in [-0.4, -0.2) is 27.2 Å².